The van der Waals surface area contributed by atoms with E-state index >= 15 is 0 Å². The first-order valence-corrected chi connectivity index (χ1v) is 15.9. The van der Waals surface area contributed by atoms with Crippen LogP contribution in [0.2, 0.25) is 10.0 Å². The van der Waals surface area contributed by atoms with Gasteiger partial charge in [-0.3, -0.25) is 4.79 Å². The first-order chi connectivity index (χ1) is 22.2. The number of carboxylic acid groups (broad SMARTS) is 1. The van der Waals surface area contributed by atoms with Crippen LogP contribution in [0.3, 0.4) is 0 Å². The van der Waals surface area contributed by atoms with Crippen LogP contribution in [0.25, 0.3) is 5.69 Å². The average Bonchev–Trinajstić information content (AvgIpc) is 3.77. The Balaban J connectivity index is 0.00000433. The summed E-state index contributed by atoms with van der Waals surface area (Å²) in [4.78, 5) is 30.1. The molecule has 2 aliphatic rings. The van der Waals surface area contributed by atoms with Crippen molar-refractivity contribution in [3.8, 4) is 11.4 Å². The maximum atomic E-state index is 14.1. The van der Waals surface area contributed by atoms with Gasteiger partial charge in [-0.1, -0.05) is 59.6 Å². The predicted octanol–water partition coefficient (Wildman–Crippen LogP) is 5.83. The number of nitrogens with zero attached hydrogens (tertiary/aromatic N) is 6. The van der Waals surface area contributed by atoms with E-state index in [1.165, 1.54) is 11.0 Å². The fourth-order valence-electron chi connectivity index (χ4n) is 6.89. The van der Waals surface area contributed by atoms with Gasteiger partial charge >= 0.3 is 6.09 Å². The number of likely N-dealkylation sites (tertiary alicyclic amines) is 2. The minimum Gasteiger partial charge on any atom is -0.496 e. The molecule has 14 heteroatoms. The molecule has 1 atom stereocenters. The van der Waals surface area contributed by atoms with Gasteiger partial charge in [0, 0.05) is 31.6 Å². The fourth-order valence-corrected chi connectivity index (χ4v) is 7.19. The first kappa shape index (κ1) is 34.4. The van der Waals surface area contributed by atoms with Crippen molar-refractivity contribution in [2.24, 2.45) is 0 Å². The number of ether oxygens (including phenoxy) is 1. The van der Waals surface area contributed by atoms with Gasteiger partial charge in [0.05, 0.1) is 33.9 Å². The molecule has 0 aliphatic carbocycles. The third-order valence-electron chi connectivity index (χ3n) is 9.49. The number of carbonyl (C=O) groups excluding carboxylic acids is 1. The molecule has 2 N–H and O–H groups in total. The van der Waals surface area contributed by atoms with Crippen LogP contribution in [0, 0.1) is 0 Å². The number of methoxy groups -OCH3 is 1. The monoisotopic (exact) mass is 699 g/mol. The zero-order valence-electron chi connectivity index (χ0n) is 25.8. The van der Waals surface area contributed by atoms with Crippen molar-refractivity contribution in [1.82, 2.24) is 35.3 Å². The van der Waals surface area contributed by atoms with Gasteiger partial charge in [-0.15, -0.1) is 17.5 Å². The van der Waals surface area contributed by atoms with Crippen molar-refractivity contribution >= 4 is 47.6 Å². The quantitative estimate of drug-likeness (QED) is 0.224. The standard InChI is InChI=1S/C33H35Cl2N7O4.ClH/c1-46-29-10-8-25(42-22-36-38-39-42)20-26(29)30(43)41-18-12-32(21-41,24-7-9-27(34)28(35)19-24)11-15-40-16-13-33(14-17-40,37-31(44)45)23-5-3-2-4-6-23;/h2-10,19-20,22,37H,11-18,21H2,1H3,(H,44,45);1H/t32-;/m0./s1. The Morgan fingerprint density at radius 2 is 1.72 bits per heavy atom. The molecular formula is C33H36Cl3N7O4. The molecule has 0 radical (unpaired) electrons. The lowest BCUT2D eigenvalue weighted by atomic mass is 9.76. The SMILES string of the molecule is COc1ccc(-n2cnnn2)cc1C(=O)N1CC[C@](CCN2CCC(NC(=O)O)(c3ccccc3)CC2)(c2ccc(Cl)c(Cl)c2)C1.Cl. The van der Waals surface area contributed by atoms with Crippen LogP contribution in [-0.2, 0) is 11.0 Å². The summed E-state index contributed by atoms with van der Waals surface area (Å²) in [6, 6.07) is 20.8. The zero-order chi connectivity index (χ0) is 32.3. The number of hydrogen-bond acceptors (Lipinski definition) is 7. The Morgan fingerprint density at radius 3 is 2.38 bits per heavy atom. The van der Waals surface area contributed by atoms with Gasteiger partial charge < -0.3 is 25.0 Å². The zero-order valence-corrected chi connectivity index (χ0v) is 28.1. The molecule has 0 bridgehead atoms. The second kappa shape index (κ2) is 14.5. The van der Waals surface area contributed by atoms with E-state index < -0.39 is 11.6 Å². The van der Waals surface area contributed by atoms with E-state index in [-0.39, 0.29) is 23.7 Å². The van der Waals surface area contributed by atoms with E-state index in [0.29, 0.717) is 53.0 Å². The Labute approximate surface area is 289 Å². The topological polar surface area (TPSA) is 126 Å². The van der Waals surface area contributed by atoms with Crippen LogP contribution in [0.4, 0.5) is 4.79 Å². The van der Waals surface area contributed by atoms with Crippen LogP contribution in [-0.4, -0.2) is 86.9 Å². The second-order valence-corrected chi connectivity index (χ2v) is 12.8. The number of hydrogen-bond donors (Lipinski definition) is 2. The maximum Gasteiger partial charge on any atom is 0.405 e. The molecule has 248 valence electrons. The summed E-state index contributed by atoms with van der Waals surface area (Å²) in [7, 11) is 1.55. The molecule has 0 spiro atoms. The van der Waals surface area contributed by atoms with Gasteiger partial charge in [0.2, 0.25) is 0 Å². The van der Waals surface area contributed by atoms with Crippen molar-refractivity contribution in [2.45, 2.75) is 36.6 Å². The number of aromatic nitrogens is 4. The Kier molecular flexibility index (Phi) is 10.6. The molecule has 2 amide bonds. The summed E-state index contributed by atoms with van der Waals surface area (Å²) in [5, 5.41) is 24.8. The van der Waals surface area contributed by atoms with Crippen molar-refractivity contribution in [1.29, 1.82) is 0 Å². The van der Waals surface area contributed by atoms with Crippen LogP contribution < -0.4 is 10.1 Å². The molecule has 0 unspecified atom stereocenters. The molecule has 47 heavy (non-hydrogen) atoms. The molecule has 3 aromatic carbocycles. The van der Waals surface area contributed by atoms with Crippen molar-refractivity contribution in [3.63, 3.8) is 0 Å². The molecule has 2 saturated heterocycles. The van der Waals surface area contributed by atoms with Crippen molar-refractivity contribution in [2.75, 3.05) is 39.8 Å². The van der Waals surface area contributed by atoms with E-state index in [9.17, 15) is 14.7 Å². The predicted molar refractivity (Wildman–Crippen MR) is 181 cm³/mol. The summed E-state index contributed by atoms with van der Waals surface area (Å²) in [6.07, 6.45) is 3.29. The third-order valence-corrected chi connectivity index (χ3v) is 10.2. The van der Waals surface area contributed by atoms with Gasteiger partial charge in [-0.05, 0) is 84.1 Å². The fraction of sp³-hybridized carbons (Fsp3) is 0.364. The molecule has 1 aromatic heterocycles. The Bertz CT molecular complexity index is 1700. The lowest BCUT2D eigenvalue weighted by molar-refractivity contribution is 0.0773. The first-order valence-electron chi connectivity index (χ1n) is 15.2. The number of halogens is 3. The van der Waals surface area contributed by atoms with E-state index in [1.807, 2.05) is 53.4 Å². The molecule has 4 aromatic rings. The van der Waals surface area contributed by atoms with Gasteiger partial charge in [-0.25, -0.2) is 9.48 Å². The lowest BCUT2D eigenvalue weighted by Gasteiger charge is -2.43. The van der Waals surface area contributed by atoms with Gasteiger partial charge in [0.15, 0.2) is 0 Å². The number of amides is 2. The number of tetrazole rings is 1. The van der Waals surface area contributed by atoms with Crippen LogP contribution in [0.1, 0.15) is 47.2 Å². The van der Waals surface area contributed by atoms with Crippen molar-refractivity contribution < 1.29 is 19.4 Å². The highest BCUT2D eigenvalue weighted by Crippen LogP contribution is 2.42. The van der Waals surface area contributed by atoms with Crippen LogP contribution in [0.15, 0.2) is 73.1 Å². The third kappa shape index (κ3) is 7.18. The molecule has 6 rings (SSSR count). The summed E-state index contributed by atoms with van der Waals surface area (Å²) in [5.74, 6) is 0.332. The summed E-state index contributed by atoms with van der Waals surface area (Å²) >= 11 is 12.8. The molecule has 2 aliphatic heterocycles. The molecular weight excluding hydrogens is 665 g/mol. The van der Waals surface area contributed by atoms with Gasteiger partial charge in [-0.2, -0.15) is 0 Å². The summed E-state index contributed by atoms with van der Waals surface area (Å²) < 4.78 is 7.07. The molecule has 0 saturated carbocycles. The minimum absolute atomic E-state index is 0. The highest BCUT2D eigenvalue weighted by atomic mass is 35.5. The van der Waals surface area contributed by atoms with Gasteiger partial charge in [0.1, 0.15) is 12.1 Å². The summed E-state index contributed by atoms with van der Waals surface area (Å²) in [5.41, 5.74) is 2.11. The van der Waals surface area contributed by atoms with Crippen LogP contribution >= 0.6 is 35.6 Å². The minimum atomic E-state index is -1.02. The number of nitrogens with one attached hydrogen (secondary N) is 1. The van der Waals surface area contributed by atoms with E-state index in [0.717, 1.165) is 43.6 Å². The molecule has 11 nitrogen and oxygen atoms in total. The lowest BCUT2D eigenvalue weighted by Crippen LogP contribution is -2.53. The van der Waals surface area contributed by atoms with E-state index in [4.69, 9.17) is 27.9 Å². The van der Waals surface area contributed by atoms with E-state index in [1.54, 1.807) is 25.3 Å². The van der Waals surface area contributed by atoms with Crippen LogP contribution in [0.5, 0.6) is 5.75 Å². The maximum absolute atomic E-state index is 14.1. The smallest absolute Gasteiger partial charge is 0.405 e. The van der Waals surface area contributed by atoms with Gasteiger partial charge in [0.25, 0.3) is 5.91 Å². The second-order valence-electron chi connectivity index (χ2n) is 12.0. The molecule has 2 fully saturated rings. The Hall–Kier alpha value is -3.90. The summed E-state index contributed by atoms with van der Waals surface area (Å²) in [6.45, 7) is 3.28. The average molecular weight is 701 g/mol. The number of rotatable bonds is 9. The largest absolute Gasteiger partial charge is 0.496 e. The Morgan fingerprint density at radius 1 is 0.957 bits per heavy atom. The number of benzene rings is 3. The molecule has 3 heterocycles. The number of carbonyl (C=O) groups is 2. The highest BCUT2D eigenvalue weighted by Gasteiger charge is 2.43. The van der Waals surface area contributed by atoms with E-state index in [2.05, 4.69) is 25.7 Å². The number of piperidine rings is 1. The normalized spacial score (nSPS) is 19.2. The van der Waals surface area contributed by atoms with Crippen molar-refractivity contribution in [3.05, 3.63) is 99.8 Å². The highest BCUT2D eigenvalue weighted by molar-refractivity contribution is 6.42.